The van der Waals surface area contributed by atoms with Gasteiger partial charge in [-0.2, -0.15) is 10.5 Å². The van der Waals surface area contributed by atoms with Gasteiger partial charge in [0.15, 0.2) is 0 Å². The molecule has 8 nitrogen and oxygen atoms in total. The lowest BCUT2D eigenvalue weighted by molar-refractivity contribution is -0.402. The third kappa shape index (κ3) is 3.34. The largest absolute Gasteiger partial charge is 0.433 e. The van der Waals surface area contributed by atoms with E-state index in [2.05, 4.69) is 11.4 Å². The van der Waals surface area contributed by atoms with Gasteiger partial charge in [0.1, 0.15) is 33.4 Å². The normalized spacial score (nSPS) is 13.4. The van der Waals surface area contributed by atoms with Gasteiger partial charge >= 0.3 is 5.88 Å². The van der Waals surface area contributed by atoms with E-state index in [1.807, 2.05) is 0 Å². The third-order valence-corrected chi connectivity index (χ3v) is 5.16. The summed E-state index contributed by atoms with van der Waals surface area (Å²) in [6, 6.07) is 6.32. The van der Waals surface area contributed by atoms with Crippen LogP contribution in [0.1, 0.15) is 34.6 Å². The number of furan rings is 1. The van der Waals surface area contributed by atoms with Crippen molar-refractivity contribution in [2.24, 2.45) is 0 Å². The zero-order chi connectivity index (χ0) is 18.7. The third-order valence-electron chi connectivity index (χ3n) is 3.95. The number of hydrogen-bond donors (Lipinski definition) is 1. The second-order valence-electron chi connectivity index (χ2n) is 5.58. The van der Waals surface area contributed by atoms with Crippen LogP contribution in [0.15, 0.2) is 22.1 Å². The van der Waals surface area contributed by atoms with Gasteiger partial charge in [-0.25, -0.2) is 0 Å². The molecule has 9 heteroatoms. The Labute approximate surface area is 152 Å². The first-order chi connectivity index (χ1) is 12.5. The number of hydrogen-bond acceptors (Lipinski definition) is 7. The van der Waals surface area contributed by atoms with Crippen molar-refractivity contribution in [1.82, 2.24) is 0 Å². The maximum atomic E-state index is 12.4. The zero-order valence-corrected chi connectivity index (χ0v) is 14.3. The summed E-state index contributed by atoms with van der Waals surface area (Å²) < 4.78 is 4.93. The van der Waals surface area contributed by atoms with Crippen molar-refractivity contribution in [3.05, 3.63) is 49.6 Å². The number of carbonyl (C=O) groups is 1. The maximum Gasteiger partial charge on any atom is 0.433 e. The van der Waals surface area contributed by atoms with Crippen molar-refractivity contribution in [3.8, 4) is 12.1 Å². The SMILES string of the molecule is N#C/C(=C\c1ccc([N+](=O)[O-])o1)C(=O)Nc1sc2c(c1C#N)CCCC2. The van der Waals surface area contributed by atoms with E-state index in [1.165, 1.54) is 17.4 Å². The Balaban J connectivity index is 1.85. The molecular weight excluding hydrogens is 356 g/mol. The molecule has 2 aromatic rings. The number of amides is 1. The standard InChI is InChI=1S/C17H12N4O4S/c18-8-10(7-11-5-6-15(25-11)21(23)24)16(22)20-17-13(9-19)12-3-1-2-4-14(12)26-17/h5-7H,1-4H2,(H,20,22)/b10-7+. The van der Waals surface area contributed by atoms with E-state index in [-0.39, 0.29) is 11.3 Å². The van der Waals surface area contributed by atoms with Crippen LogP contribution in [0.4, 0.5) is 10.9 Å². The molecule has 2 aromatic heterocycles. The number of thiophene rings is 1. The molecule has 0 unspecified atom stereocenters. The Morgan fingerprint density at radius 3 is 2.77 bits per heavy atom. The first-order valence-electron chi connectivity index (χ1n) is 7.75. The van der Waals surface area contributed by atoms with E-state index in [9.17, 15) is 25.4 Å². The molecule has 0 radical (unpaired) electrons. The molecule has 1 aliphatic rings. The van der Waals surface area contributed by atoms with Crippen molar-refractivity contribution in [1.29, 1.82) is 10.5 Å². The zero-order valence-electron chi connectivity index (χ0n) is 13.4. The molecule has 1 amide bonds. The molecule has 0 spiro atoms. The topological polar surface area (TPSA) is 133 Å². The monoisotopic (exact) mass is 368 g/mol. The van der Waals surface area contributed by atoms with Crippen LogP contribution in [0.5, 0.6) is 0 Å². The van der Waals surface area contributed by atoms with Crippen LogP contribution in [0.2, 0.25) is 0 Å². The van der Waals surface area contributed by atoms with Gasteiger partial charge < -0.3 is 9.73 Å². The fourth-order valence-electron chi connectivity index (χ4n) is 2.75. The van der Waals surface area contributed by atoms with Crippen LogP contribution >= 0.6 is 11.3 Å². The molecule has 0 aromatic carbocycles. The number of nitriles is 2. The van der Waals surface area contributed by atoms with Crippen molar-refractivity contribution >= 4 is 34.2 Å². The van der Waals surface area contributed by atoms with Crippen LogP contribution in [0.3, 0.4) is 0 Å². The predicted molar refractivity (Wildman–Crippen MR) is 93.3 cm³/mol. The number of rotatable bonds is 4. The van der Waals surface area contributed by atoms with E-state index in [0.717, 1.165) is 48.3 Å². The summed E-state index contributed by atoms with van der Waals surface area (Å²) in [4.78, 5) is 23.4. The number of aryl methyl sites for hydroxylation is 1. The number of nitro groups is 1. The quantitative estimate of drug-likeness (QED) is 0.380. The predicted octanol–water partition coefficient (Wildman–Crippen LogP) is 3.55. The summed E-state index contributed by atoms with van der Waals surface area (Å²) in [5, 5.41) is 32.3. The second-order valence-corrected chi connectivity index (χ2v) is 6.69. The van der Waals surface area contributed by atoms with Crippen LogP contribution in [-0.4, -0.2) is 10.8 Å². The summed E-state index contributed by atoms with van der Waals surface area (Å²) in [7, 11) is 0. The van der Waals surface area contributed by atoms with Gasteiger partial charge in [-0.1, -0.05) is 0 Å². The Morgan fingerprint density at radius 1 is 1.35 bits per heavy atom. The highest BCUT2D eigenvalue weighted by Gasteiger charge is 2.23. The van der Waals surface area contributed by atoms with Gasteiger partial charge in [0, 0.05) is 11.0 Å². The fraction of sp³-hybridized carbons (Fsp3) is 0.235. The molecule has 3 rings (SSSR count). The minimum atomic E-state index is -0.710. The number of nitrogens with one attached hydrogen (secondary N) is 1. The average molecular weight is 368 g/mol. The van der Waals surface area contributed by atoms with Crippen molar-refractivity contribution < 1.29 is 14.1 Å². The fourth-order valence-corrected chi connectivity index (χ4v) is 3.99. The highest BCUT2D eigenvalue weighted by Crippen LogP contribution is 2.37. The Bertz CT molecular complexity index is 1000. The van der Waals surface area contributed by atoms with Crippen molar-refractivity contribution in [3.63, 3.8) is 0 Å². The minimum absolute atomic E-state index is 0.0226. The van der Waals surface area contributed by atoms with Crippen molar-refractivity contribution in [2.75, 3.05) is 5.32 Å². The van der Waals surface area contributed by atoms with E-state index < -0.39 is 16.7 Å². The molecule has 130 valence electrons. The van der Waals surface area contributed by atoms with Crippen LogP contribution in [-0.2, 0) is 17.6 Å². The van der Waals surface area contributed by atoms with Crippen LogP contribution in [0, 0.1) is 32.8 Å². The molecule has 2 heterocycles. The maximum absolute atomic E-state index is 12.4. The number of nitrogens with zero attached hydrogens (tertiary/aromatic N) is 3. The molecule has 0 atom stereocenters. The van der Waals surface area contributed by atoms with Gasteiger partial charge in [-0.05, 0) is 37.3 Å². The number of anilines is 1. The van der Waals surface area contributed by atoms with Gasteiger partial charge in [-0.3, -0.25) is 14.9 Å². The van der Waals surface area contributed by atoms with Crippen LogP contribution in [0.25, 0.3) is 6.08 Å². The molecule has 0 saturated heterocycles. The highest BCUT2D eigenvalue weighted by molar-refractivity contribution is 7.16. The first-order valence-corrected chi connectivity index (χ1v) is 8.57. The van der Waals surface area contributed by atoms with E-state index in [4.69, 9.17) is 4.42 Å². The highest BCUT2D eigenvalue weighted by atomic mass is 32.1. The summed E-state index contributed by atoms with van der Waals surface area (Å²) in [6.45, 7) is 0. The van der Waals surface area contributed by atoms with Gasteiger partial charge in [-0.15, -0.1) is 11.3 Å². The lowest BCUT2D eigenvalue weighted by Crippen LogP contribution is -2.13. The smallest absolute Gasteiger partial charge is 0.401 e. The molecule has 26 heavy (non-hydrogen) atoms. The van der Waals surface area contributed by atoms with Gasteiger partial charge in [0.05, 0.1) is 11.6 Å². The lowest BCUT2D eigenvalue weighted by atomic mass is 9.96. The van der Waals surface area contributed by atoms with Crippen molar-refractivity contribution in [2.45, 2.75) is 25.7 Å². The lowest BCUT2D eigenvalue weighted by Gasteiger charge is -2.09. The molecule has 0 aliphatic heterocycles. The number of fused-ring (bicyclic) bond motifs is 1. The Hall–Kier alpha value is -3.43. The second kappa shape index (κ2) is 7.21. The summed E-state index contributed by atoms with van der Waals surface area (Å²) >= 11 is 1.35. The van der Waals surface area contributed by atoms with Gasteiger partial charge in [0.25, 0.3) is 5.91 Å². The average Bonchev–Trinajstić information content (AvgIpc) is 3.23. The van der Waals surface area contributed by atoms with E-state index >= 15 is 0 Å². The summed E-state index contributed by atoms with van der Waals surface area (Å²) in [5.41, 5.74) is 1.15. The Kier molecular flexibility index (Phi) is 4.83. The molecular formula is C17H12N4O4S. The van der Waals surface area contributed by atoms with E-state index in [0.29, 0.717) is 10.6 Å². The number of carbonyl (C=O) groups excluding carboxylic acids is 1. The van der Waals surface area contributed by atoms with Gasteiger partial charge in [0.2, 0.25) is 0 Å². The van der Waals surface area contributed by atoms with E-state index in [1.54, 1.807) is 6.07 Å². The molecule has 0 saturated carbocycles. The summed E-state index contributed by atoms with van der Waals surface area (Å²) in [5.74, 6) is -1.15. The minimum Gasteiger partial charge on any atom is -0.401 e. The molecule has 1 N–H and O–H groups in total. The van der Waals surface area contributed by atoms with Crippen LogP contribution < -0.4 is 5.32 Å². The molecule has 1 aliphatic carbocycles. The summed E-state index contributed by atoms with van der Waals surface area (Å²) in [6.07, 6.45) is 4.86. The molecule has 0 bridgehead atoms. The molecule has 0 fully saturated rings. The first kappa shape index (κ1) is 17.4. The Morgan fingerprint density at radius 2 is 2.12 bits per heavy atom.